The zero-order valence-electron chi connectivity index (χ0n) is 20.8. The Morgan fingerprint density at radius 2 is 1.86 bits per heavy atom. The number of carbonyl (C=O) groups is 2. The van der Waals surface area contributed by atoms with Gasteiger partial charge in [-0.25, -0.2) is 4.98 Å². The fraction of sp³-hybridized carbons (Fsp3) is 0.276. The first-order valence-corrected chi connectivity index (χ1v) is 14.1. The fourth-order valence-electron chi connectivity index (χ4n) is 5.28. The molecule has 1 aliphatic carbocycles. The molecule has 5 rings (SSSR count). The van der Waals surface area contributed by atoms with Gasteiger partial charge in [0.15, 0.2) is 5.78 Å². The highest BCUT2D eigenvalue weighted by atomic mass is 32.2. The number of dihydropyridines is 1. The van der Waals surface area contributed by atoms with Crippen LogP contribution >= 0.6 is 23.1 Å². The van der Waals surface area contributed by atoms with Gasteiger partial charge in [0.1, 0.15) is 5.82 Å². The summed E-state index contributed by atoms with van der Waals surface area (Å²) in [4.78, 5) is 33.2. The Labute approximate surface area is 220 Å². The Kier molecular flexibility index (Phi) is 6.86. The van der Waals surface area contributed by atoms with Crippen molar-refractivity contribution in [1.29, 1.82) is 0 Å². The second-order valence-corrected chi connectivity index (χ2v) is 11.7. The number of rotatable bonds is 5. The summed E-state index contributed by atoms with van der Waals surface area (Å²) in [6.45, 7) is 5.90. The van der Waals surface area contributed by atoms with E-state index in [0.29, 0.717) is 17.8 Å². The number of anilines is 1. The van der Waals surface area contributed by atoms with Crippen LogP contribution in [0.3, 0.4) is 0 Å². The van der Waals surface area contributed by atoms with Gasteiger partial charge in [-0.1, -0.05) is 36.4 Å². The number of benzene rings is 1. The van der Waals surface area contributed by atoms with E-state index in [9.17, 15) is 9.59 Å². The van der Waals surface area contributed by atoms with E-state index in [1.165, 1.54) is 10.4 Å². The maximum Gasteiger partial charge on any atom is 0.255 e. The molecule has 0 saturated heterocycles. The number of thiophene rings is 1. The summed E-state index contributed by atoms with van der Waals surface area (Å²) in [5.74, 6) is 0.0789. The predicted molar refractivity (Wildman–Crippen MR) is 147 cm³/mol. The molecule has 1 aromatic carbocycles. The standard InChI is InChI=1S/C29H29N3O2S2/c1-16-9-8-12-24(30-16)32-28(34)25-18(3)31-22-14-20(19-10-6-5-7-11-19)15-23(33)27(22)26(25)21-13-17(2)36-29(21)35-4/h5-13,20,26,31H,14-15H2,1-4H3,(H,30,32,34)/t20-,26-/m0/s1. The Hall–Kier alpha value is -3.16. The van der Waals surface area contributed by atoms with E-state index in [1.54, 1.807) is 29.2 Å². The van der Waals surface area contributed by atoms with E-state index in [1.807, 2.05) is 50.4 Å². The number of aromatic nitrogens is 1. The number of Topliss-reactive ketones (excluding diaryl/α,β-unsaturated/α-hetero) is 1. The molecule has 2 atom stereocenters. The number of ketones is 1. The van der Waals surface area contributed by atoms with Gasteiger partial charge in [-0.05, 0) is 68.7 Å². The van der Waals surface area contributed by atoms with Crippen LogP contribution in [0.25, 0.3) is 0 Å². The second kappa shape index (κ2) is 10.1. The van der Waals surface area contributed by atoms with Gasteiger partial charge in [-0.2, -0.15) is 0 Å². The molecule has 0 fully saturated rings. The van der Waals surface area contributed by atoms with Crippen LogP contribution in [-0.4, -0.2) is 22.9 Å². The van der Waals surface area contributed by atoms with Crippen molar-refractivity contribution in [2.45, 2.75) is 49.7 Å². The monoisotopic (exact) mass is 515 g/mol. The largest absolute Gasteiger partial charge is 0.362 e. The molecule has 3 aromatic rings. The molecule has 0 unspecified atom stereocenters. The van der Waals surface area contributed by atoms with Crippen molar-refractivity contribution in [1.82, 2.24) is 10.3 Å². The van der Waals surface area contributed by atoms with Crippen LogP contribution in [0.2, 0.25) is 0 Å². The predicted octanol–water partition coefficient (Wildman–Crippen LogP) is 6.48. The lowest BCUT2D eigenvalue weighted by molar-refractivity contribution is -0.116. The summed E-state index contributed by atoms with van der Waals surface area (Å²) in [7, 11) is 0. The van der Waals surface area contributed by atoms with Crippen molar-refractivity contribution in [2.24, 2.45) is 0 Å². The van der Waals surface area contributed by atoms with Crippen LogP contribution < -0.4 is 10.6 Å². The summed E-state index contributed by atoms with van der Waals surface area (Å²) >= 11 is 3.38. The van der Waals surface area contributed by atoms with Crippen molar-refractivity contribution >= 4 is 40.6 Å². The molecule has 1 amide bonds. The number of allylic oxidation sites excluding steroid dienone is 3. The van der Waals surface area contributed by atoms with Gasteiger partial charge in [-0.15, -0.1) is 23.1 Å². The first-order chi connectivity index (χ1) is 17.4. The van der Waals surface area contributed by atoms with E-state index in [2.05, 4.69) is 40.7 Å². The van der Waals surface area contributed by atoms with Crippen molar-refractivity contribution in [3.8, 4) is 0 Å². The lowest BCUT2D eigenvalue weighted by atomic mass is 9.72. The SMILES string of the molecule is CSc1sc(C)cc1[C@H]1C(C(=O)Nc2cccc(C)n2)=C(C)NC2=C1C(=O)C[C@@H](c1ccccc1)C2. The Morgan fingerprint density at radius 1 is 1.08 bits per heavy atom. The highest BCUT2D eigenvalue weighted by Gasteiger charge is 2.42. The Bertz CT molecular complexity index is 1400. The van der Waals surface area contributed by atoms with Gasteiger partial charge >= 0.3 is 0 Å². The van der Waals surface area contributed by atoms with E-state index >= 15 is 0 Å². The van der Waals surface area contributed by atoms with Crippen LogP contribution in [0.15, 0.2) is 81.3 Å². The Balaban J connectivity index is 1.59. The molecular formula is C29H29N3O2S2. The van der Waals surface area contributed by atoms with Crippen LogP contribution in [0.5, 0.6) is 0 Å². The zero-order valence-corrected chi connectivity index (χ0v) is 22.5. The number of hydrogen-bond donors (Lipinski definition) is 2. The lowest BCUT2D eigenvalue weighted by Crippen LogP contribution is -2.37. The van der Waals surface area contributed by atoms with Gasteiger partial charge < -0.3 is 10.6 Å². The first-order valence-electron chi connectivity index (χ1n) is 12.0. The third-order valence-corrected chi connectivity index (χ3v) is 9.04. The molecule has 2 aliphatic rings. The average Bonchev–Trinajstić information content (AvgIpc) is 3.23. The molecule has 2 N–H and O–H groups in total. The number of hydrogen-bond acceptors (Lipinski definition) is 6. The molecule has 184 valence electrons. The third-order valence-electron chi connectivity index (χ3n) is 6.82. The van der Waals surface area contributed by atoms with Gasteiger partial charge in [0, 0.05) is 45.5 Å². The molecule has 5 nitrogen and oxygen atoms in total. The van der Waals surface area contributed by atoms with E-state index < -0.39 is 5.92 Å². The van der Waals surface area contributed by atoms with Gasteiger partial charge in [0.25, 0.3) is 5.91 Å². The molecule has 0 saturated carbocycles. The van der Waals surface area contributed by atoms with E-state index in [0.717, 1.165) is 38.9 Å². The minimum atomic E-state index is -0.414. The molecule has 0 spiro atoms. The number of nitrogens with one attached hydrogen (secondary N) is 2. The fourth-order valence-corrected chi connectivity index (χ4v) is 7.19. The van der Waals surface area contributed by atoms with Crippen molar-refractivity contribution in [3.05, 3.63) is 98.8 Å². The van der Waals surface area contributed by atoms with Gasteiger partial charge in [-0.3, -0.25) is 9.59 Å². The zero-order chi connectivity index (χ0) is 25.4. The summed E-state index contributed by atoms with van der Waals surface area (Å²) in [6.07, 6.45) is 3.23. The van der Waals surface area contributed by atoms with E-state index in [-0.39, 0.29) is 17.6 Å². The maximum absolute atomic E-state index is 13.8. The normalized spacial score (nSPS) is 19.7. The van der Waals surface area contributed by atoms with Gasteiger partial charge in [0.05, 0.1) is 4.21 Å². The van der Waals surface area contributed by atoms with Gasteiger partial charge in [0.2, 0.25) is 0 Å². The Morgan fingerprint density at radius 3 is 2.58 bits per heavy atom. The topological polar surface area (TPSA) is 71.1 Å². The van der Waals surface area contributed by atoms with Crippen LogP contribution in [0.4, 0.5) is 5.82 Å². The molecular weight excluding hydrogens is 486 g/mol. The maximum atomic E-state index is 13.8. The number of amides is 1. The average molecular weight is 516 g/mol. The number of carbonyl (C=O) groups excluding carboxylic acids is 2. The van der Waals surface area contributed by atoms with E-state index in [4.69, 9.17) is 0 Å². The smallest absolute Gasteiger partial charge is 0.255 e. The quantitative estimate of drug-likeness (QED) is 0.381. The van der Waals surface area contributed by atoms with Crippen molar-refractivity contribution in [2.75, 3.05) is 11.6 Å². The summed E-state index contributed by atoms with van der Waals surface area (Å²) < 4.78 is 1.14. The number of nitrogens with zero attached hydrogens (tertiary/aromatic N) is 1. The number of aryl methyl sites for hydroxylation is 2. The molecule has 1 aliphatic heterocycles. The molecule has 0 bridgehead atoms. The number of pyridine rings is 1. The van der Waals surface area contributed by atoms with Crippen LogP contribution in [-0.2, 0) is 9.59 Å². The first kappa shape index (κ1) is 24.5. The lowest BCUT2D eigenvalue weighted by Gasteiger charge is -2.37. The minimum Gasteiger partial charge on any atom is -0.362 e. The minimum absolute atomic E-state index is 0.102. The molecule has 3 heterocycles. The molecule has 2 aromatic heterocycles. The summed E-state index contributed by atoms with van der Waals surface area (Å²) in [5, 5.41) is 6.46. The van der Waals surface area contributed by atoms with Crippen LogP contribution in [0.1, 0.15) is 53.3 Å². The van der Waals surface area contributed by atoms with Crippen molar-refractivity contribution < 1.29 is 9.59 Å². The highest BCUT2D eigenvalue weighted by molar-refractivity contribution is 8.00. The molecule has 0 radical (unpaired) electrons. The third kappa shape index (κ3) is 4.65. The van der Waals surface area contributed by atoms with Crippen molar-refractivity contribution in [3.63, 3.8) is 0 Å². The second-order valence-electron chi connectivity index (χ2n) is 9.35. The highest BCUT2D eigenvalue weighted by Crippen LogP contribution is 2.49. The summed E-state index contributed by atoms with van der Waals surface area (Å²) in [6, 6.07) is 17.9. The number of thioether (sulfide) groups is 1. The van der Waals surface area contributed by atoms with Crippen LogP contribution in [0, 0.1) is 13.8 Å². The summed E-state index contributed by atoms with van der Waals surface area (Å²) in [5.41, 5.74) is 6.05. The molecule has 7 heteroatoms. The molecule has 36 heavy (non-hydrogen) atoms.